The molecule has 0 radical (unpaired) electrons. The summed E-state index contributed by atoms with van der Waals surface area (Å²) in [4.78, 5) is 4.23. The van der Waals surface area contributed by atoms with Crippen LogP contribution in [0.3, 0.4) is 0 Å². The molecular formula is C13H18N2O2. The molecule has 0 spiro atoms. The molecule has 0 saturated heterocycles. The summed E-state index contributed by atoms with van der Waals surface area (Å²) in [6.07, 6.45) is 4.10. The summed E-state index contributed by atoms with van der Waals surface area (Å²) < 4.78 is 10.8. The van der Waals surface area contributed by atoms with Crippen molar-refractivity contribution in [2.75, 3.05) is 6.54 Å². The Hall–Kier alpha value is -1.55. The van der Waals surface area contributed by atoms with Crippen molar-refractivity contribution in [2.24, 2.45) is 0 Å². The van der Waals surface area contributed by atoms with Crippen molar-refractivity contribution in [1.82, 2.24) is 10.3 Å². The van der Waals surface area contributed by atoms with Crippen molar-refractivity contribution < 1.29 is 8.83 Å². The van der Waals surface area contributed by atoms with Crippen LogP contribution in [0.5, 0.6) is 0 Å². The Labute approximate surface area is 101 Å². The minimum atomic E-state index is 0.121. The fraction of sp³-hybridized carbons (Fsp3) is 0.462. The van der Waals surface area contributed by atoms with Gasteiger partial charge in [-0.3, -0.25) is 0 Å². The number of aromatic nitrogens is 1. The van der Waals surface area contributed by atoms with Crippen molar-refractivity contribution in [3.05, 3.63) is 30.5 Å². The van der Waals surface area contributed by atoms with Crippen molar-refractivity contribution in [3.63, 3.8) is 0 Å². The van der Waals surface area contributed by atoms with Gasteiger partial charge in [0.1, 0.15) is 0 Å². The molecule has 4 heteroatoms. The van der Waals surface area contributed by atoms with Gasteiger partial charge in [-0.05, 0) is 32.9 Å². The van der Waals surface area contributed by atoms with Crippen LogP contribution in [0.15, 0.2) is 33.4 Å². The zero-order chi connectivity index (χ0) is 12.3. The number of nitrogens with zero attached hydrogens (tertiary/aromatic N) is 1. The Balaban J connectivity index is 1.91. The van der Waals surface area contributed by atoms with Gasteiger partial charge in [0, 0.05) is 18.5 Å². The van der Waals surface area contributed by atoms with Crippen molar-refractivity contribution in [2.45, 2.75) is 32.7 Å². The molecule has 0 amide bonds. The Morgan fingerprint density at radius 1 is 1.29 bits per heavy atom. The lowest BCUT2D eigenvalue weighted by molar-refractivity contribution is 0.409. The van der Waals surface area contributed by atoms with Gasteiger partial charge in [-0.1, -0.05) is 0 Å². The highest BCUT2D eigenvalue weighted by Gasteiger charge is 2.11. The maximum atomic E-state index is 5.60. The minimum absolute atomic E-state index is 0.121. The highest BCUT2D eigenvalue weighted by Crippen LogP contribution is 2.20. The Morgan fingerprint density at radius 3 is 2.76 bits per heavy atom. The second-order valence-corrected chi connectivity index (χ2v) is 5.02. The fourth-order valence-electron chi connectivity index (χ4n) is 1.50. The van der Waals surface area contributed by atoms with Gasteiger partial charge in [0.15, 0.2) is 17.4 Å². The van der Waals surface area contributed by atoms with E-state index in [-0.39, 0.29) is 5.54 Å². The lowest BCUT2D eigenvalue weighted by Gasteiger charge is -2.19. The van der Waals surface area contributed by atoms with Crippen molar-refractivity contribution in [3.8, 4) is 11.5 Å². The van der Waals surface area contributed by atoms with Crippen LogP contribution in [0.2, 0.25) is 0 Å². The molecule has 0 aliphatic carbocycles. The van der Waals surface area contributed by atoms with E-state index in [9.17, 15) is 0 Å². The highest BCUT2D eigenvalue weighted by molar-refractivity contribution is 5.47. The smallest absolute Gasteiger partial charge is 0.196 e. The highest BCUT2D eigenvalue weighted by atomic mass is 16.4. The van der Waals surface area contributed by atoms with E-state index in [4.69, 9.17) is 8.83 Å². The molecule has 0 aliphatic rings. The van der Waals surface area contributed by atoms with Gasteiger partial charge < -0.3 is 14.2 Å². The van der Waals surface area contributed by atoms with E-state index in [1.54, 1.807) is 12.5 Å². The number of furan rings is 1. The fourth-order valence-corrected chi connectivity index (χ4v) is 1.50. The van der Waals surface area contributed by atoms with Gasteiger partial charge >= 0.3 is 0 Å². The Kier molecular flexibility index (Phi) is 3.33. The van der Waals surface area contributed by atoms with Crippen LogP contribution < -0.4 is 5.32 Å². The second kappa shape index (κ2) is 4.75. The van der Waals surface area contributed by atoms with Crippen molar-refractivity contribution >= 4 is 0 Å². The molecule has 2 heterocycles. The van der Waals surface area contributed by atoms with Crippen LogP contribution >= 0.6 is 0 Å². The first-order valence-corrected chi connectivity index (χ1v) is 5.78. The summed E-state index contributed by atoms with van der Waals surface area (Å²) in [5.41, 5.74) is 0.121. The van der Waals surface area contributed by atoms with Crippen LogP contribution in [0, 0.1) is 0 Å². The van der Waals surface area contributed by atoms with Crippen LogP contribution in [-0.4, -0.2) is 17.1 Å². The summed E-state index contributed by atoms with van der Waals surface area (Å²) in [5, 5.41) is 3.39. The molecule has 92 valence electrons. The van der Waals surface area contributed by atoms with Gasteiger partial charge in [0.25, 0.3) is 0 Å². The summed E-state index contributed by atoms with van der Waals surface area (Å²) in [6.45, 7) is 7.26. The monoisotopic (exact) mass is 234 g/mol. The molecule has 4 nitrogen and oxygen atoms in total. The van der Waals surface area contributed by atoms with Gasteiger partial charge in [0.2, 0.25) is 0 Å². The molecule has 1 N–H and O–H groups in total. The van der Waals surface area contributed by atoms with Gasteiger partial charge in [-0.15, -0.1) is 0 Å². The number of oxazole rings is 1. The van der Waals surface area contributed by atoms with Gasteiger partial charge in [-0.25, -0.2) is 4.98 Å². The maximum absolute atomic E-state index is 5.60. The Bertz CT molecular complexity index is 452. The zero-order valence-electron chi connectivity index (χ0n) is 10.5. The number of hydrogen-bond acceptors (Lipinski definition) is 4. The lowest BCUT2D eigenvalue weighted by atomic mass is 10.1. The summed E-state index contributed by atoms with van der Waals surface area (Å²) in [5.74, 6) is 2.13. The standard InChI is InChI=1S/C13H18N2O2/c1-13(2,3)15-7-6-12-14-9-11(17-12)10-5-4-8-16-10/h4-5,8-9,15H,6-7H2,1-3H3. The predicted molar refractivity (Wildman–Crippen MR) is 65.7 cm³/mol. The third kappa shape index (κ3) is 3.46. The molecule has 0 unspecified atom stereocenters. The lowest BCUT2D eigenvalue weighted by Crippen LogP contribution is -2.37. The molecule has 0 atom stereocenters. The normalized spacial score (nSPS) is 11.9. The maximum Gasteiger partial charge on any atom is 0.196 e. The number of hydrogen-bond donors (Lipinski definition) is 1. The minimum Gasteiger partial charge on any atom is -0.461 e. The molecular weight excluding hydrogens is 216 g/mol. The quantitative estimate of drug-likeness (QED) is 0.883. The van der Waals surface area contributed by atoms with E-state index in [2.05, 4.69) is 31.1 Å². The average Bonchev–Trinajstić information content (AvgIpc) is 2.83. The van der Waals surface area contributed by atoms with Crippen LogP contribution in [0.1, 0.15) is 26.7 Å². The van der Waals surface area contributed by atoms with Crippen LogP contribution in [0.4, 0.5) is 0 Å². The molecule has 0 aliphatic heterocycles. The summed E-state index contributed by atoms with van der Waals surface area (Å²) in [6, 6.07) is 3.69. The first-order chi connectivity index (χ1) is 8.04. The molecule has 2 rings (SSSR count). The van der Waals surface area contributed by atoms with E-state index >= 15 is 0 Å². The average molecular weight is 234 g/mol. The molecule has 17 heavy (non-hydrogen) atoms. The zero-order valence-corrected chi connectivity index (χ0v) is 10.5. The van der Waals surface area contributed by atoms with E-state index in [1.807, 2.05) is 12.1 Å². The molecule has 2 aromatic heterocycles. The number of nitrogens with one attached hydrogen (secondary N) is 1. The second-order valence-electron chi connectivity index (χ2n) is 5.02. The topological polar surface area (TPSA) is 51.2 Å². The largest absolute Gasteiger partial charge is 0.461 e. The van der Waals surface area contributed by atoms with Gasteiger partial charge in [-0.2, -0.15) is 0 Å². The molecule has 0 bridgehead atoms. The molecule has 0 aromatic carbocycles. The summed E-state index contributed by atoms with van der Waals surface area (Å²) >= 11 is 0. The molecule has 0 saturated carbocycles. The van der Waals surface area contributed by atoms with E-state index in [1.165, 1.54) is 0 Å². The predicted octanol–water partition coefficient (Wildman–Crippen LogP) is 2.87. The van der Waals surface area contributed by atoms with Gasteiger partial charge in [0.05, 0.1) is 12.5 Å². The Morgan fingerprint density at radius 2 is 2.12 bits per heavy atom. The number of rotatable bonds is 4. The first-order valence-electron chi connectivity index (χ1n) is 5.78. The van der Waals surface area contributed by atoms with Crippen LogP contribution in [-0.2, 0) is 6.42 Å². The van der Waals surface area contributed by atoms with Crippen LogP contribution in [0.25, 0.3) is 11.5 Å². The van der Waals surface area contributed by atoms with E-state index in [0.717, 1.165) is 18.9 Å². The van der Waals surface area contributed by atoms with E-state index in [0.29, 0.717) is 11.5 Å². The third-order valence-corrected chi connectivity index (χ3v) is 2.31. The molecule has 2 aromatic rings. The third-order valence-electron chi connectivity index (χ3n) is 2.31. The first kappa shape index (κ1) is 11.9. The van der Waals surface area contributed by atoms with E-state index < -0.39 is 0 Å². The summed E-state index contributed by atoms with van der Waals surface area (Å²) in [7, 11) is 0. The SMILES string of the molecule is CC(C)(C)NCCc1ncc(-c2ccco2)o1. The van der Waals surface area contributed by atoms with Crippen molar-refractivity contribution in [1.29, 1.82) is 0 Å². The molecule has 0 fully saturated rings.